The van der Waals surface area contributed by atoms with Gasteiger partial charge >= 0.3 is 0 Å². The van der Waals surface area contributed by atoms with Gasteiger partial charge in [-0.05, 0) is 28.9 Å². The van der Waals surface area contributed by atoms with Gasteiger partial charge in [0.25, 0.3) is 0 Å². The van der Waals surface area contributed by atoms with Gasteiger partial charge in [0.1, 0.15) is 5.75 Å². The van der Waals surface area contributed by atoms with E-state index in [0.29, 0.717) is 12.2 Å². The number of hydrogen-bond donors (Lipinski definition) is 1. The van der Waals surface area contributed by atoms with Crippen molar-refractivity contribution < 1.29 is 4.74 Å². The number of aryl methyl sites for hydroxylation is 2. The summed E-state index contributed by atoms with van der Waals surface area (Å²) in [4.78, 5) is 4.04. The minimum Gasteiger partial charge on any atom is -0.495 e. The number of pyridine rings is 1. The quantitative estimate of drug-likeness (QED) is 0.935. The third-order valence-corrected chi connectivity index (χ3v) is 4.14. The lowest BCUT2D eigenvalue weighted by molar-refractivity contribution is 0.403. The Morgan fingerprint density at radius 3 is 2.84 bits per heavy atom. The zero-order valence-electron chi connectivity index (χ0n) is 11.2. The van der Waals surface area contributed by atoms with Crippen LogP contribution in [0.15, 0.2) is 22.9 Å². The highest BCUT2D eigenvalue weighted by atomic mass is 79.9. The largest absolute Gasteiger partial charge is 0.495 e. The van der Waals surface area contributed by atoms with E-state index in [1.165, 1.54) is 0 Å². The Bertz CT molecular complexity index is 582. The van der Waals surface area contributed by atoms with Crippen molar-refractivity contribution in [1.29, 1.82) is 0 Å². The maximum Gasteiger partial charge on any atom is 0.141 e. The average Bonchev–Trinajstić information content (AvgIpc) is 2.65. The summed E-state index contributed by atoms with van der Waals surface area (Å²) >= 11 is 3.56. The standard InChI is InChI=1S/C13H17BrN4O/c1-8-13(14)11(18(2)17-8)6-10(15)9-4-5-16-7-12(9)19-3/h4-5,7,10H,6,15H2,1-3H3. The van der Waals surface area contributed by atoms with E-state index in [-0.39, 0.29) is 6.04 Å². The van der Waals surface area contributed by atoms with Crippen LogP contribution in [0.3, 0.4) is 0 Å². The van der Waals surface area contributed by atoms with Crippen LogP contribution in [0.1, 0.15) is 23.0 Å². The molecule has 19 heavy (non-hydrogen) atoms. The van der Waals surface area contributed by atoms with Crippen LogP contribution in [-0.4, -0.2) is 21.9 Å². The molecule has 0 aromatic carbocycles. The summed E-state index contributed by atoms with van der Waals surface area (Å²) in [5.41, 5.74) is 9.27. The number of ether oxygens (including phenoxy) is 1. The molecule has 0 saturated carbocycles. The summed E-state index contributed by atoms with van der Waals surface area (Å²) in [6.45, 7) is 1.96. The molecule has 0 aliphatic heterocycles. The van der Waals surface area contributed by atoms with Gasteiger partial charge in [0.2, 0.25) is 0 Å². The van der Waals surface area contributed by atoms with Crippen LogP contribution in [0, 0.1) is 6.92 Å². The number of halogens is 1. The summed E-state index contributed by atoms with van der Waals surface area (Å²) in [5, 5.41) is 4.37. The van der Waals surface area contributed by atoms with Crippen molar-refractivity contribution in [3.63, 3.8) is 0 Å². The summed E-state index contributed by atoms with van der Waals surface area (Å²) in [6, 6.07) is 1.73. The van der Waals surface area contributed by atoms with Crippen molar-refractivity contribution in [3.05, 3.63) is 39.9 Å². The molecule has 1 atom stereocenters. The first-order chi connectivity index (χ1) is 9.04. The third kappa shape index (κ3) is 2.79. The second kappa shape index (κ2) is 5.71. The number of nitrogens with zero attached hydrogens (tertiary/aromatic N) is 3. The predicted octanol–water partition coefficient (Wildman–Crippen LogP) is 2.14. The molecule has 5 nitrogen and oxygen atoms in total. The van der Waals surface area contributed by atoms with Gasteiger partial charge in [-0.15, -0.1) is 0 Å². The van der Waals surface area contributed by atoms with Crippen LogP contribution >= 0.6 is 15.9 Å². The molecule has 0 radical (unpaired) electrons. The first-order valence-corrected chi connectivity index (χ1v) is 6.75. The highest BCUT2D eigenvalue weighted by Crippen LogP contribution is 2.28. The lowest BCUT2D eigenvalue weighted by atomic mass is 10.0. The third-order valence-electron chi connectivity index (χ3n) is 3.11. The van der Waals surface area contributed by atoms with E-state index in [4.69, 9.17) is 10.5 Å². The van der Waals surface area contributed by atoms with Gasteiger partial charge in [0, 0.05) is 31.3 Å². The van der Waals surface area contributed by atoms with Crippen molar-refractivity contribution in [3.8, 4) is 5.75 Å². The summed E-state index contributed by atoms with van der Waals surface area (Å²) in [5.74, 6) is 0.713. The number of methoxy groups -OCH3 is 1. The van der Waals surface area contributed by atoms with Gasteiger partial charge in [-0.25, -0.2) is 0 Å². The van der Waals surface area contributed by atoms with E-state index in [9.17, 15) is 0 Å². The van der Waals surface area contributed by atoms with E-state index >= 15 is 0 Å². The van der Waals surface area contributed by atoms with Crippen molar-refractivity contribution in [2.45, 2.75) is 19.4 Å². The summed E-state index contributed by atoms with van der Waals surface area (Å²) in [6.07, 6.45) is 4.08. The van der Waals surface area contributed by atoms with Crippen LogP contribution in [0.4, 0.5) is 0 Å². The van der Waals surface area contributed by atoms with Gasteiger partial charge in [0.15, 0.2) is 0 Å². The molecule has 0 fully saturated rings. The van der Waals surface area contributed by atoms with Gasteiger partial charge in [-0.2, -0.15) is 5.10 Å². The predicted molar refractivity (Wildman–Crippen MR) is 77.1 cm³/mol. The van der Waals surface area contributed by atoms with Crippen molar-refractivity contribution in [1.82, 2.24) is 14.8 Å². The molecule has 102 valence electrons. The molecular weight excluding hydrogens is 308 g/mol. The topological polar surface area (TPSA) is 66.0 Å². The fourth-order valence-electron chi connectivity index (χ4n) is 2.09. The number of rotatable bonds is 4. The fraction of sp³-hybridized carbons (Fsp3) is 0.385. The maximum atomic E-state index is 6.28. The normalized spacial score (nSPS) is 12.5. The number of aromatic nitrogens is 3. The second-order valence-electron chi connectivity index (χ2n) is 4.40. The fourth-order valence-corrected chi connectivity index (χ4v) is 2.59. The van der Waals surface area contributed by atoms with Gasteiger partial charge < -0.3 is 10.5 Å². The molecule has 0 saturated heterocycles. The second-order valence-corrected chi connectivity index (χ2v) is 5.19. The molecule has 0 bridgehead atoms. The van der Waals surface area contributed by atoms with E-state index in [1.54, 1.807) is 19.5 Å². The molecule has 0 amide bonds. The minimum absolute atomic E-state index is 0.163. The lowest BCUT2D eigenvalue weighted by Gasteiger charge is -2.15. The Morgan fingerprint density at radius 2 is 2.26 bits per heavy atom. The van der Waals surface area contributed by atoms with Gasteiger partial charge in [-0.1, -0.05) is 0 Å². The Hall–Kier alpha value is -1.40. The van der Waals surface area contributed by atoms with Crippen LogP contribution in [0.5, 0.6) is 5.75 Å². The highest BCUT2D eigenvalue weighted by molar-refractivity contribution is 9.10. The summed E-state index contributed by atoms with van der Waals surface area (Å²) < 4.78 is 8.16. The Morgan fingerprint density at radius 1 is 1.53 bits per heavy atom. The Labute approximate surface area is 120 Å². The smallest absolute Gasteiger partial charge is 0.141 e. The molecule has 0 aliphatic rings. The van der Waals surface area contributed by atoms with E-state index in [1.807, 2.05) is 24.7 Å². The molecule has 0 spiro atoms. The van der Waals surface area contributed by atoms with Crippen LogP contribution in [0.2, 0.25) is 0 Å². The Kier molecular flexibility index (Phi) is 4.21. The maximum absolute atomic E-state index is 6.28. The first kappa shape index (κ1) is 14.0. The van der Waals surface area contributed by atoms with E-state index in [0.717, 1.165) is 21.4 Å². The van der Waals surface area contributed by atoms with Crippen LogP contribution < -0.4 is 10.5 Å². The molecule has 2 rings (SSSR count). The zero-order chi connectivity index (χ0) is 14.0. The number of nitrogens with two attached hydrogens (primary N) is 1. The summed E-state index contributed by atoms with van der Waals surface area (Å²) in [7, 11) is 3.54. The molecule has 2 heterocycles. The molecule has 0 aliphatic carbocycles. The number of hydrogen-bond acceptors (Lipinski definition) is 4. The molecule has 6 heteroatoms. The average molecular weight is 325 g/mol. The van der Waals surface area contributed by atoms with E-state index in [2.05, 4.69) is 26.0 Å². The molecular formula is C13H17BrN4O. The molecule has 1 unspecified atom stereocenters. The van der Waals surface area contributed by atoms with Crippen LogP contribution in [-0.2, 0) is 13.5 Å². The van der Waals surface area contributed by atoms with E-state index < -0.39 is 0 Å². The molecule has 2 N–H and O–H groups in total. The minimum atomic E-state index is -0.163. The molecule has 2 aromatic rings. The van der Waals surface area contributed by atoms with Crippen LogP contribution in [0.25, 0.3) is 0 Å². The molecule has 2 aromatic heterocycles. The SMILES string of the molecule is COc1cnccc1C(N)Cc1c(Br)c(C)nn1C. The zero-order valence-corrected chi connectivity index (χ0v) is 12.8. The van der Waals surface area contributed by atoms with Crippen molar-refractivity contribution in [2.75, 3.05) is 7.11 Å². The van der Waals surface area contributed by atoms with Gasteiger partial charge in [0.05, 0.1) is 29.2 Å². The lowest BCUT2D eigenvalue weighted by Crippen LogP contribution is -2.16. The van der Waals surface area contributed by atoms with Gasteiger partial charge in [-0.3, -0.25) is 9.67 Å². The monoisotopic (exact) mass is 324 g/mol. The highest BCUT2D eigenvalue weighted by Gasteiger charge is 2.18. The first-order valence-electron chi connectivity index (χ1n) is 5.96. The van der Waals surface area contributed by atoms with Crippen molar-refractivity contribution >= 4 is 15.9 Å². The van der Waals surface area contributed by atoms with Crippen molar-refractivity contribution in [2.24, 2.45) is 12.8 Å². The Balaban J connectivity index is 2.28.